The summed E-state index contributed by atoms with van der Waals surface area (Å²) in [6.07, 6.45) is 3.57. The Hall–Kier alpha value is -1.95. The standard InChI is InChI=1S/C14H15N3O2S/c1-19-14-17-16-13(20-14)15-12(18)11-8-3-2-7-10(11)9-5-4-6-9/h2-3,7-9H,4-6H2,1H3,(H,15,16,18). The molecule has 0 aliphatic heterocycles. The Balaban J connectivity index is 1.79. The Morgan fingerprint density at radius 2 is 2.15 bits per heavy atom. The maximum absolute atomic E-state index is 12.4. The molecule has 1 aliphatic rings. The summed E-state index contributed by atoms with van der Waals surface area (Å²) in [6, 6.07) is 7.77. The van der Waals surface area contributed by atoms with Gasteiger partial charge in [-0.2, -0.15) is 0 Å². The third-order valence-corrected chi connectivity index (χ3v) is 4.35. The molecule has 20 heavy (non-hydrogen) atoms. The Bertz CT molecular complexity index is 622. The molecular weight excluding hydrogens is 274 g/mol. The molecule has 5 nitrogen and oxygen atoms in total. The Kier molecular flexibility index (Phi) is 3.64. The van der Waals surface area contributed by atoms with E-state index in [0.29, 0.717) is 16.2 Å². The first-order valence-electron chi connectivity index (χ1n) is 6.55. The van der Waals surface area contributed by atoms with Gasteiger partial charge in [0.15, 0.2) is 0 Å². The number of anilines is 1. The minimum Gasteiger partial charge on any atom is -0.472 e. The summed E-state index contributed by atoms with van der Waals surface area (Å²) in [4.78, 5) is 12.4. The zero-order chi connectivity index (χ0) is 13.9. The number of carbonyl (C=O) groups is 1. The van der Waals surface area contributed by atoms with Crippen molar-refractivity contribution in [2.45, 2.75) is 25.2 Å². The third-order valence-electron chi connectivity index (χ3n) is 3.55. The van der Waals surface area contributed by atoms with Crippen molar-refractivity contribution in [3.8, 4) is 5.19 Å². The predicted molar refractivity (Wildman–Crippen MR) is 77.4 cm³/mol. The first-order chi connectivity index (χ1) is 9.78. The molecule has 0 unspecified atom stereocenters. The van der Waals surface area contributed by atoms with E-state index in [1.54, 1.807) is 0 Å². The van der Waals surface area contributed by atoms with Crippen molar-refractivity contribution < 1.29 is 9.53 Å². The lowest BCUT2D eigenvalue weighted by Gasteiger charge is -2.27. The van der Waals surface area contributed by atoms with Gasteiger partial charge in [0.05, 0.1) is 7.11 Å². The van der Waals surface area contributed by atoms with Crippen LogP contribution >= 0.6 is 11.3 Å². The molecule has 1 aromatic heterocycles. The molecule has 0 bridgehead atoms. The first kappa shape index (κ1) is 13.1. The van der Waals surface area contributed by atoms with Gasteiger partial charge in [0.2, 0.25) is 5.13 Å². The zero-order valence-electron chi connectivity index (χ0n) is 11.1. The van der Waals surface area contributed by atoms with Gasteiger partial charge >= 0.3 is 0 Å². The number of methoxy groups -OCH3 is 1. The van der Waals surface area contributed by atoms with Crippen molar-refractivity contribution in [3.05, 3.63) is 35.4 Å². The Morgan fingerprint density at radius 1 is 1.35 bits per heavy atom. The summed E-state index contributed by atoms with van der Waals surface area (Å²) in [6.45, 7) is 0. The highest BCUT2D eigenvalue weighted by molar-refractivity contribution is 7.17. The van der Waals surface area contributed by atoms with E-state index in [-0.39, 0.29) is 5.91 Å². The van der Waals surface area contributed by atoms with E-state index < -0.39 is 0 Å². The van der Waals surface area contributed by atoms with Crippen LogP contribution in [0.25, 0.3) is 0 Å². The van der Waals surface area contributed by atoms with E-state index in [0.717, 1.165) is 24.0 Å². The quantitative estimate of drug-likeness (QED) is 0.939. The van der Waals surface area contributed by atoms with Crippen LogP contribution in [0.4, 0.5) is 5.13 Å². The molecule has 0 saturated heterocycles. The second kappa shape index (κ2) is 5.58. The van der Waals surface area contributed by atoms with E-state index in [4.69, 9.17) is 4.74 Å². The van der Waals surface area contributed by atoms with Crippen molar-refractivity contribution in [2.75, 3.05) is 12.4 Å². The zero-order valence-corrected chi connectivity index (χ0v) is 11.9. The van der Waals surface area contributed by atoms with Crippen molar-refractivity contribution in [3.63, 3.8) is 0 Å². The second-order valence-corrected chi connectivity index (χ2v) is 5.69. The number of hydrogen-bond acceptors (Lipinski definition) is 5. The normalized spacial score (nSPS) is 14.7. The lowest BCUT2D eigenvalue weighted by molar-refractivity contribution is 0.102. The number of aromatic nitrogens is 2. The van der Waals surface area contributed by atoms with Crippen LogP contribution in [0.3, 0.4) is 0 Å². The number of ether oxygens (including phenoxy) is 1. The van der Waals surface area contributed by atoms with Crippen LogP contribution < -0.4 is 10.1 Å². The number of rotatable bonds is 4. The van der Waals surface area contributed by atoms with Crippen molar-refractivity contribution >= 4 is 22.4 Å². The van der Waals surface area contributed by atoms with Gasteiger partial charge in [0, 0.05) is 5.56 Å². The fourth-order valence-electron chi connectivity index (χ4n) is 2.29. The summed E-state index contributed by atoms with van der Waals surface area (Å²) in [5, 5.41) is 11.3. The highest BCUT2D eigenvalue weighted by Gasteiger charge is 2.24. The molecule has 0 radical (unpaired) electrons. The molecule has 3 rings (SSSR count). The van der Waals surface area contributed by atoms with E-state index >= 15 is 0 Å². The molecule has 104 valence electrons. The van der Waals surface area contributed by atoms with E-state index in [1.165, 1.54) is 24.9 Å². The van der Waals surface area contributed by atoms with Crippen LogP contribution in [-0.2, 0) is 0 Å². The molecule has 2 aromatic rings. The van der Waals surface area contributed by atoms with Crippen LogP contribution in [0.1, 0.15) is 41.1 Å². The van der Waals surface area contributed by atoms with Crippen molar-refractivity contribution in [1.82, 2.24) is 10.2 Å². The van der Waals surface area contributed by atoms with Crippen molar-refractivity contribution in [2.24, 2.45) is 0 Å². The van der Waals surface area contributed by atoms with Gasteiger partial charge < -0.3 is 4.74 Å². The van der Waals surface area contributed by atoms with Crippen LogP contribution in [0, 0.1) is 0 Å². The smallest absolute Gasteiger partial charge is 0.295 e. The van der Waals surface area contributed by atoms with Gasteiger partial charge in [0.25, 0.3) is 11.1 Å². The molecule has 6 heteroatoms. The van der Waals surface area contributed by atoms with Gasteiger partial charge in [0.1, 0.15) is 0 Å². The second-order valence-electron chi connectivity index (χ2n) is 4.75. The molecule has 0 spiro atoms. The average Bonchev–Trinajstić information content (AvgIpc) is 2.85. The maximum Gasteiger partial charge on any atom is 0.295 e. The Morgan fingerprint density at radius 3 is 2.80 bits per heavy atom. The summed E-state index contributed by atoms with van der Waals surface area (Å²) in [5.74, 6) is 0.382. The number of benzene rings is 1. The van der Waals surface area contributed by atoms with E-state index in [2.05, 4.69) is 15.5 Å². The molecule has 1 aromatic carbocycles. The minimum atomic E-state index is -0.133. The molecule has 1 heterocycles. The number of nitrogens with zero attached hydrogens (tertiary/aromatic N) is 2. The highest BCUT2D eigenvalue weighted by Crippen LogP contribution is 2.38. The number of amides is 1. The summed E-state index contributed by atoms with van der Waals surface area (Å²) in [5.41, 5.74) is 1.86. The van der Waals surface area contributed by atoms with Gasteiger partial charge in [-0.25, -0.2) is 0 Å². The van der Waals surface area contributed by atoms with E-state index in [9.17, 15) is 4.79 Å². The summed E-state index contributed by atoms with van der Waals surface area (Å²) < 4.78 is 4.96. The number of nitrogens with one attached hydrogen (secondary N) is 1. The fraction of sp³-hybridized carbons (Fsp3) is 0.357. The lowest BCUT2D eigenvalue weighted by atomic mass is 9.78. The topological polar surface area (TPSA) is 64.1 Å². The largest absolute Gasteiger partial charge is 0.472 e. The molecule has 1 saturated carbocycles. The fourth-order valence-corrected chi connectivity index (χ4v) is 2.84. The third kappa shape index (κ3) is 2.51. The molecule has 1 aliphatic carbocycles. The van der Waals surface area contributed by atoms with Gasteiger partial charge in [-0.1, -0.05) is 29.7 Å². The maximum atomic E-state index is 12.4. The molecule has 0 atom stereocenters. The van der Waals surface area contributed by atoms with Gasteiger partial charge in [-0.05, 0) is 41.7 Å². The predicted octanol–water partition coefficient (Wildman–Crippen LogP) is 3.07. The average molecular weight is 289 g/mol. The summed E-state index contributed by atoms with van der Waals surface area (Å²) in [7, 11) is 1.53. The van der Waals surface area contributed by atoms with Gasteiger partial charge in [-0.15, -0.1) is 5.10 Å². The Labute approximate surface area is 121 Å². The van der Waals surface area contributed by atoms with Crippen molar-refractivity contribution in [1.29, 1.82) is 0 Å². The van der Waals surface area contributed by atoms with E-state index in [1.807, 2.05) is 24.3 Å². The van der Waals surface area contributed by atoms with Gasteiger partial charge in [-0.3, -0.25) is 10.1 Å². The number of carbonyl (C=O) groups excluding carboxylic acids is 1. The monoisotopic (exact) mass is 289 g/mol. The molecule has 1 fully saturated rings. The molecule has 1 N–H and O–H groups in total. The molecule has 1 amide bonds. The highest BCUT2D eigenvalue weighted by atomic mass is 32.1. The van der Waals surface area contributed by atoms with Crippen LogP contribution in [-0.4, -0.2) is 23.2 Å². The minimum absolute atomic E-state index is 0.133. The SMILES string of the molecule is COc1nnc(NC(=O)c2ccccc2C2CCC2)s1. The van der Waals surface area contributed by atoms with Crippen LogP contribution in [0.5, 0.6) is 5.19 Å². The number of hydrogen-bond donors (Lipinski definition) is 1. The first-order valence-corrected chi connectivity index (χ1v) is 7.37. The van der Waals surface area contributed by atoms with Crippen LogP contribution in [0.2, 0.25) is 0 Å². The van der Waals surface area contributed by atoms with Crippen LogP contribution in [0.15, 0.2) is 24.3 Å². The lowest BCUT2D eigenvalue weighted by Crippen LogP contribution is -2.18. The summed E-state index contributed by atoms with van der Waals surface area (Å²) >= 11 is 1.21. The molecular formula is C14H15N3O2S.